The Morgan fingerprint density at radius 2 is 0.907 bits per heavy atom. The number of rotatable bonds is 6. The van der Waals surface area contributed by atoms with Crippen molar-refractivity contribution in [2.24, 2.45) is 0 Å². The Labute approximate surface area is 313 Å². The second kappa shape index (κ2) is 12.4. The van der Waals surface area contributed by atoms with E-state index in [0.29, 0.717) is 0 Å². The van der Waals surface area contributed by atoms with Gasteiger partial charge in [-0.15, -0.1) is 0 Å². The summed E-state index contributed by atoms with van der Waals surface area (Å²) < 4.78 is 19.9. The summed E-state index contributed by atoms with van der Waals surface area (Å²) in [4.78, 5) is 2.29. The summed E-state index contributed by atoms with van der Waals surface area (Å²) in [7, 11) is 0. The van der Waals surface area contributed by atoms with E-state index in [0.717, 1.165) is 83.1 Å². The van der Waals surface area contributed by atoms with E-state index in [1.54, 1.807) is 6.26 Å². The molecular formula is C48H31B2NO3. The fourth-order valence-electron chi connectivity index (χ4n) is 8.51. The molecule has 0 saturated heterocycles. The van der Waals surface area contributed by atoms with Gasteiger partial charge in [-0.1, -0.05) is 132 Å². The summed E-state index contributed by atoms with van der Waals surface area (Å²) in [5.74, 6) is 0. The Bertz CT molecular complexity index is 2890. The Morgan fingerprint density at radius 1 is 0.389 bits per heavy atom. The van der Waals surface area contributed by atoms with E-state index in [9.17, 15) is 0 Å². The van der Waals surface area contributed by atoms with Gasteiger partial charge < -0.3 is 18.2 Å². The number of nitrogens with zero attached hydrogens (tertiary/aromatic N) is 1. The molecule has 4 nitrogen and oxygen atoms in total. The molecule has 0 saturated carbocycles. The van der Waals surface area contributed by atoms with Crippen LogP contribution in [0, 0.1) is 0 Å². The lowest BCUT2D eigenvalue weighted by molar-refractivity contribution is 0.612. The van der Waals surface area contributed by atoms with Crippen molar-refractivity contribution in [3.05, 3.63) is 188 Å². The molecule has 10 aromatic rings. The van der Waals surface area contributed by atoms with E-state index < -0.39 is 0 Å². The molecule has 0 aliphatic carbocycles. The Hall–Kier alpha value is -6.91. The molecular weight excluding hydrogens is 660 g/mol. The van der Waals surface area contributed by atoms with Crippen LogP contribution in [0.2, 0.25) is 0 Å². The van der Waals surface area contributed by atoms with Crippen LogP contribution in [-0.4, -0.2) is 13.4 Å². The molecule has 0 bridgehead atoms. The van der Waals surface area contributed by atoms with Crippen LogP contribution in [0.4, 0.5) is 17.1 Å². The van der Waals surface area contributed by atoms with Crippen molar-refractivity contribution in [3.63, 3.8) is 0 Å². The number of hydrogen-bond acceptors (Lipinski definition) is 4. The van der Waals surface area contributed by atoms with Crippen molar-refractivity contribution < 1.29 is 13.3 Å². The molecule has 0 radical (unpaired) electrons. The highest BCUT2D eigenvalue weighted by molar-refractivity contribution is 7.12. The Balaban J connectivity index is 1.12. The van der Waals surface area contributed by atoms with E-state index in [2.05, 4.69) is 175 Å². The van der Waals surface area contributed by atoms with Crippen LogP contribution < -0.4 is 38.1 Å². The topological polar surface area (TPSA) is 42.7 Å². The molecule has 11 rings (SSSR count). The highest BCUT2D eigenvalue weighted by atomic mass is 16.3. The average Bonchev–Trinajstić information content (AvgIpc) is 3.96. The quantitative estimate of drug-likeness (QED) is 0.164. The van der Waals surface area contributed by atoms with Gasteiger partial charge in [-0.25, -0.2) is 0 Å². The number of benzene rings is 7. The molecule has 4 heterocycles. The minimum absolute atomic E-state index is 0.177. The van der Waals surface area contributed by atoms with Gasteiger partial charge in [-0.05, 0) is 76.6 Å². The van der Waals surface area contributed by atoms with Crippen LogP contribution in [0.15, 0.2) is 202 Å². The lowest BCUT2D eigenvalue weighted by Crippen LogP contribution is -2.73. The van der Waals surface area contributed by atoms with Crippen molar-refractivity contribution in [2.45, 2.75) is 0 Å². The van der Waals surface area contributed by atoms with Gasteiger partial charge in [0.05, 0.1) is 17.6 Å². The summed E-state index contributed by atoms with van der Waals surface area (Å²) in [6.07, 6.45) is 1.74. The molecule has 6 heteroatoms. The minimum Gasteiger partial charge on any atom is -0.471 e. The van der Waals surface area contributed by atoms with Gasteiger partial charge in [0.2, 0.25) is 0 Å². The number of fused-ring (bicyclic) bond motifs is 7. The maximum Gasteiger partial charge on any atom is 0.290 e. The smallest absolute Gasteiger partial charge is 0.290 e. The molecule has 0 fully saturated rings. The van der Waals surface area contributed by atoms with Crippen LogP contribution in [-0.2, 0) is 0 Å². The zero-order valence-electron chi connectivity index (χ0n) is 29.2. The number of para-hydroxylation sites is 3. The van der Waals surface area contributed by atoms with Crippen molar-refractivity contribution in [3.8, 4) is 11.1 Å². The summed E-state index contributed by atoms with van der Waals surface area (Å²) in [5, 5.41) is 3.21. The van der Waals surface area contributed by atoms with E-state index in [1.807, 2.05) is 12.1 Å². The summed E-state index contributed by atoms with van der Waals surface area (Å²) in [6, 6.07) is 64.1. The van der Waals surface area contributed by atoms with Crippen molar-refractivity contribution in [1.29, 1.82) is 0 Å². The Kier molecular flexibility index (Phi) is 7.02. The third kappa shape index (κ3) is 4.87. The second-order valence-corrected chi connectivity index (χ2v) is 14.0. The van der Waals surface area contributed by atoms with Crippen LogP contribution in [0.1, 0.15) is 0 Å². The highest BCUT2D eigenvalue weighted by Crippen LogP contribution is 2.34. The standard InChI is InChI=1S/C48H31B2NO3/c1-4-12-32(13-5-1)33-20-22-35(23-21-33)49-45-40-18-10-11-19-42(40)53-47(45)50(46-41-30-34-28-29-52-43(34)31-44(41)54-48(46)49)36-24-26-39(27-25-36)51(37-14-6-2-7-15-37)38-16-8-3-9-17-38/h1-31H. The number of hydrogen-bond donors (Lipinski definition) is 0. The highest BCUT2D eigenvalue weighted by Gasteiger charge is 2.46. The monoisotopic (exact) mass is 691 g/mol. The molecule has 1 aliphatic rings. The molecule has 1 aliphatic heterocycles. The maximum atomic E-state index is 7.04. The first kappa shape index (κ1) is 30.7. The van der Waals surface area contributed by atoms with Gasteiger partial charge in [-0.2, -0.15) is 0 Å². The summed E-state index contributed by atoms with van der Waals surface area (Å²) >= 11 is 0. The molecule has 7 aromatic carbocycles. The van der Waals surface area contributed by atoms with Gasteiger partial charge in [0.25, 0.3) is 13.4 Å². The molecule has 0 N–H and O–H groups in total. The van der Waals surface area contributed by atoms with Crippen LogP contribution in [0.5, 0.6) is 0 Å². The average molecular weight is 691 g/mol. The summed E-state index contributed by atoms with van der Waals surface area (Å²) in [6.45, 7) is -0.381. The first-order valence-corrected chi connectivity index (χ1v) is 18.4. The van der Waals surface area contributed by atoms with Gasteiger partial charge in [0, 0.05) is 39.3 Å². The zero-order valence-corrected chi connectivity index (χ0v) is 29.2. The third-order valence-electron chi connectivity index (χ3n) is 11.0. The fraction of sp³-hybridized carbons (Fsp3) is 0. The minimum atomic E-state index is -0.205. The lowest BCUT2D eigenvalue weighted by Gasteiger charge is -2.27. The van der Waals surface area contributed by atoms with Gasteiger partial charge >= 0.3 is 0 Å². The predicted octanol–water partition coefficient (Wildman–Crippen LogP) is 8.41. The summed E-state index contributed by atoms with van der Waals surface area (Å²) in [5.41, 5.74) is 14.6. The van der Waals surface area contributed by atoms with E-state index >= 15 is 0 Å². The SMILES string of the molecule is c1ccc(-c2ccc(B3c4oc5cc6occc6cc5c4B(c4ccc(N(c5ccccc5)c5ccccc5)cc4)c4oc5ccccc5c43)cc2)cc1. The van der Waals surface area contributed by atoms with E-state index in [1.165, 1.54) is 11.1 Å². The normalized spacial score (nSPS) is 12.4. The first-order valence-electron chi connectivity index (χ1n) is 18.4. The van der Waals surface area contributed by atoms with Gasteiger partial charge in [0.1, 0.15) is 16.7 Å². The molecule has 3 aromatic heterocycles. The van der Waals surface area contributed by atoms with Crippen LogP contribution in [0.25, 0.3) is 44.0 Å². The van der Waals surface area contributed by atoms with Gasteiger partial charge in [0.15, 0.2) is 0 Å². The Morgan fingerprint density at radius 3 is 1.57 bits per heavy atom. The molecule has 0 atom stereocenters. The van der Waals surface area contributed by atoms with Crippen molar-refractivity contribution in [2.75, 3.05) is 4.90 Å². The molecule has 252 valence electrons. The fourth-order valence-corrected chi connectivity index (χ4v) is 8.51. The predicted molar refractivity (Wildman–Crippen MR) is 225 cm³/mol. The maximum absolute atomic E-state index is 7.04. The van der Waals surface area contributed by atoms with Crippen molar-refractivity contribution in [1.82, 2.24) is 0 Å². The second-order valence-electron chi connectivity index (χ2n) is 14.0. The first-order chi connectivity index (χ1) is 26.8. The third-order valence-corrected chi connectivity index (χ3v) is 11.0. The van der Waals surface area contributed by atoms with Crippen LogP contribution in [0.3, 0.4) is 0 Å². The molecule has 54 heavy (non-hydrogen) atoms. The molecule has 0 spiro atoms. The number of anilines is 3. The molecule has 0 amide bonds. The largest absolute Gasteiger partial charge is 0.471 e. The molecule has 0 unspecified atom stereocenters. The van der Waals surface area contributed by atoms with Crippen molar-refractivity contribution >= 4 is 96.6 Å². The lowest BCUT2D eigenvalue weighted by atomic mass is 9.24. The van der Waals surface area contributed by atoms with Gasteiger partial charge in [-0.3, -0.25) is 0 Å². The van der Waals surface area contributed by atoms with E-state index in [-0.39, 0.29) is 13.4 Å². The van der Waals surface area contributed by atoms with E-state index in [4.69, 9.17) is 13.3 Å². The van der Waals surface area contributed by atoms with Crippen LogP contribution >= 0.6 is 0 Å². The zero-order chi connectivity index (χ0) is 35.6. The number of furan rings is 3.